The van der Waals surface area contributed by atoms with Crippen LogP contribution < -0.4 is 15.1 Å². The Kier molecular flexibility index (Phi) is 5.94. The molecular formula is C22H30N4O4. The van der Waals surface area contributed by atoms with Crippen LogP contribution in [0.4, 0.5) is 11.4 Å². The number of hydrogen-bond donors (Lipinski definition) is 1. The van der Waals surface area contributed by atoms with E-state index in [1.165, 1.54) is 4.90 Å². The van der Waals surface area contributed by atoms with Gasteiger partial charge in [-0.1, -0.05) is 0 Å². The van der Waals surface area contributed by atoms with Crippen LogP contribution in [0.25, 0.3) is 0 Å². The molecule has 30 heavy (non-hydrogen) atoms. The number of carbonyl (C=O) groups is 3. The Balaban J connectivity index is 1.59. The molecule has 3 amide bonds. The van der Waals surface area contributed by atoms with E-state index in [-0.39, 0.29) is 36.4 Å². The van der Waals surface area contributed by atoms with Crippen molar-refractivity contribution in [3.8, 4) is 0 Å². The van der Waals surface area contributed by atoms with Crippen molar-refractivity contribution in [2.75, 3.05) is 50.1 Å². The van der Waals surface area contributed by atoms with Crippen molar-refractivity contribution >= 4 is 29.1 Å². The number of piperidine rings is 1. The Labute approximate surface area is 177 Å². The highest BCUT2D eigenvalue weighted by Crippen LogP contribution is 2.40. The van der Waals surface area contributed by atoms with Crippen molar-refractivity contribution in [1.29, 1.82) is 0 Å². The van der Waals surface area contributed by atoms with Crippen LogP contribution in [0, 0.1) is 0 Å². The summed E-state index contributed by atoms with van der Waals surface area (Å²) < 4.78 is 5.56. The molecule has 3 heterocycles. The fraction of sp³-hybridized carbons (Fsp3) is 0.591. The van der Waals surface area contributed by atoms with Crippen molar-refractivity contribution in [2.24, 2.45) is 0 Å². The molecule has 162 valence electrons. The van der Waals surface area contributed by atoms with E-state index in [1.807, 2.05) is 6.07 Å². The predicted molar refractivity (Wildman–Crippen MR) is 114 cm³/mol. The van der Waals surface area contributed by atoms with E-state index >= 15 is 0 Å². The minimum atomic E-state index is -0.243. The van der Waals surface area contributed by atoms with E-state index in [2.05, 4.69) is 10.2 Å². The van der Waals surface area contributed by atoms with Crippen LogP contribution in [0.1, 0.15) is 42.5 Å². The minimum absolute atomic E-state index is 0.0523. The van der Waals surface area contributed by atoms with Gasteiger partial charge < -0.3 is 19.9 Å². The van der Waals surface area contributed by atoms with E-state index in [0.29, 0.717) is 17.8 Å². The number of nitrogens with zero attached hydrogens (tertiary/aromatic N) is 3. The summed E-state index contributed by atoms with van der Waals surface area (Å²) in [5, 5.41) is 2.90. The van der Waals surface area contributed by atoms with Gasteiger partial charge in [0.05, 0.1) is 17.5 Å². The number of fused-ring (bicyclic) bond motifs is 3. The van der Waals surface area contributed by atoms with E-state index in [9.17, 15) is 14.4 Å². The number of rotatable bonds is 5. The Hall–Kier alpha value is -2.61. The van der Waals surface area contributed by atoms with Gasteiger partial charge in [0.2, 0.25) is 11.8 Å². The molecule has 2 unspecified atom stereocenters. The lowest BCUT2D eigenvalue weighted by molar-refractivity contribution is -0.125. The molecule has 0 radical (unpaired) electrons. The predicted octanol–water partition coefficient (Wildman–Crippen LogP) is 1.39. The van der Waals surface area contributed by atoms with E-state index in [4.69, 9.17) is 4.74 Å². The average Bonchev–Trinajstić information content (AvgIpc) is 3.28. The van der Waals surface area contributed by atoms with Crippen LogP contribution in [0.15, 0.2) is 18.2 Å². The maximum Gasteiger partial charge on any atom is 0.253 e. The van der Waals surface area contributed by atoms with Gasteiger partial charge in [0.25, 0.3) is 5.91 Å². The molecule has 1 N–H and O–H groups in total. The summed E-state index contributed by atoms with van der Waals surface area (Å²) in [7, 11) is 3.40. The third kappa shape index (κ3) is 4.01. The van der Waals surface area contributed by atoms with Gasteiger partial charge >= 0.3 is 0 Å². The van der Waals surface area contributed by atoms with Gasteiger partial charge in [-0.05, 0) is 50.3 Å². The maximum absolute atomic E-state index is 13.3. The minimum Gasteiger partial charge on any atom is -0.376 e. The maximum atomic E-state index is 13.3. The van der Waals surface area contributed by atoms with Gasteiger partial charge in [-0.3, -0.25) is 19.3 Å². The average molecular weight is 415 g/mol. The molecule has 8 heteroatoms. The molecule has 1 aromatic rings. The molecule has 3 aliphatic heterocycles. The molecule has 0 spiro atoms. The summed E-state index contributed by atoms with van der Waals surface area (Å²) in [5.74, 6) is -0.406. The summed E-state index contributed by atoms with van der Waals surface area (Å²) >= 11 is 0. The summed E-state index contributed by atoms with van der Waals surface area (Å²) in [6.45, 7) is 1.95. The summed E-state index contributed by atoms with van der Waals surface area (Å²) in [6, 6.07) is 5.22. The van der Waals surface area contributed by atoms with Crippen molar-refractivity contribution in [1.82, 2.24) is 10.2 Å². The van der Waals surface area contributed by atoms with Gasteiger partial charge in [-0.15, -0.1) is 0 Å². The molecule has 0 aromatic heterocycles. The normalized spacial score (nSPS) is 23.1. The molecular weight excluding hydrogens is 384 g/mol. The van der Waals surface area contributed by atoms with Gasteiger partial charge in [0.1, 0.15) is 12.6 Å². The Morgan fingerprint density at radius 1 is 1.17 bits per heavy atom. The van der Waals surface area contributed by atoms with Crippen LogP contribution in [0.2, 0.25) is 0 Å². The number of nitrogens with one attached hydrogen (secondary N) is 1. The molecule has 3 aliphatic rings. The third-order valence-corrected chi connectivity index (χ3v) is 6.14. The standard InChI is InChI=1S/C22H30N4O4/c1-24(2)21(28)15-8-9-17-19(12-15)26(22(29)18-7-3-4-10-25(17)18)14-20(27)23-13-16-6-5-11-30-16/h8-9,12,16,18H,3-7,10-11,13-14H2,1-2H3,(H,23,27). The van der Waals surface area contributed by atoms with E-state index < -0.39 is 0 Å². The fourth-order valence-electron chi connectivity index (χ4n) is 4.54. The monoisotopic (exact) mass is 414 g/mol. The topological polar surface area (TPSA) is 82.2 Å². The summed E-state index contributed by atoms with van der Waals surface area (Å²) in [4.78, 5) is 43.7. The van der Waals surface area contributed by atoms with Gasteiger partial charge in [0, 0.05) is 39.4 Å². The lowest BCUT2D eigenvalue weighted by atomic mass is 9.95. The Morgan fingerprint density at radius 2 is 2.00 bits per heavy atom. The van der Waals surface area contributed by atoms with E-state index in [0.717, 1.165) is 50.9 Å². The molecule has 1 aromatic carbocycles. The molecule has 4 rings (SSSR count). The third-order valence-electron chi connectivity index (χ3n) is 6.14. The number of carbonyl (C=O) groups excluding carboxylic acids is 3. The highest BCUT2D eigenvalue weighted by atomic mass is 16.5. The van der Waals surface area contributed by atoms with Gasteiger partial charge in [-0.2, -0.15) is 0 Å². The zero-order chi connectivity index (χ0) is 21.3. The van der Waals surface area contributed by atoms with Crippen LogP contribution in [-0.4, -0.2) is 75.1 Å². The van der Waals surface area contributed by atoms with Crippen molar-refractivity contribution < 1.29 is 19.1 Å². The van der Waals surface area contributed by atoms with Crippen LogP contribution >= 0.6 is 0 Å². The Bertz CT molecular complexity index is 834. The zero-order valence-corrected chi connectivity index (χ0v) is 17.7. The quantitative estimate of drug-likeness (QED) is 0.787. The second-order valence-corrected chi connectivity index (χ2v) is 8.47. The molecule has 2 saturated heterocycles. The molecule has 0 saturated carbocycles. The van der Waals surface area contributed by atoms with Gasteiger partial charge in [0.15, 0.2) is 0 Å². The van der Waals surface area contributed by atoms with Crippen molar-refractivity contribution in [3.05, 3.63) is 23.8 Å². The largest absolute Gasteiger partial charge is 0.376 e. The number of hydrogen-bond acceptors (Lipinski definition) is 5. The smallest absolute Gasteiger partial charge is 0.253 e. The van der Waals surface area contributed by atoms with Crippen LogP contribution in [0.5, 0.6) is 0 Å². The van der Waals surface area contributed by atoms with Crippen LogP contribution in [-0.2, 0) is 14.3 Å². The number of benzene rings is 1. The number of ether oxygens (including phenoxy) is 1. The highest BCUT2D eigenvalue weighted by Gasteiger charge is 2.40. The lowest BCUT2D eigenvalue weighted by Gasteiger charge is -2.45. The molecule has 2 fully saturated rings. The first-order valence-corrected chi connectivity index (χ1v) is 10.8. The SMILES string of the molecule is CN(C)C(=O)c1ccc2c(c1)N(CC(=O)NCC1CCCO1)C(=O)C1CCCCN21. The first kappa shape index (κ1) is 20.7. The fourth-order valence-corrected chi connectivity index (χ4v) is 4.54. The first-order valence-electron chi connectivity index (χ1n) is 10.8. The molecule has 0 aliphatic carbocycles. The number of amides is 3. The van der Waals surface area contributed by atoms with Crippen LogP contribution in [0.3, 0.4) is 0 Å². The Morgan fingerprint density at radius 3 is 2.73 bits per heavy atom. The van der Waals surface area contributed by atoms with Crippen molar-refractivity contribution in [3.63, 3.8) is 0 Å². The van der Waals surface area contributed by atoms with E-state index in [1.54, 1.807) is 31.1 Å². The van der Waals surface area contributed by atoms with Crippen molar-refractivity contribution in [2.45, 2.75) is 44.2 Å². The first-order chi connectivity index (χ1) is 14.5. The zero-order valence-electron chi connectivity index (χ0n) is 17.7. The second-order valence-electron chi connectivity index (χ2n) is 8.47. The van der Waals surface area contributed by atoms with Gasteiger partial charge in [-0.25, -0.2) is 0 Å². The highest BCUT2D eigenvalue weighted by molar-refractivity contribution is 6.09. The molecule has 8 nitrogen and oxygen atoms in total. The molecule has 2 atom stereocenters. The number of anilines is 2. The summed E-state index contributed by atoms with van der Waals surface area (Å²) in [6.07, 6.45) is 4.82. The summed E-state index contributed by atoms with van der Waals surface area (Å²) in [5.41, 5.74) is 2.06. The second kappa shape index (κ2) is 8.63. The lowest BCUT2D eigenvalue weighted by Crippen LogP contribution is -2.57. The molecule has 0 bridgehead atoms.